The number of hydrogen-bond acceptors (Lipinski definition) is 5. The summed E-state index contributed by atoms with van der Waals surface area (Å²) in [6.07, 6.45) is 3.87. The summed E-state index contributed by atoms with van der Waals surface area (Å²) in [6.45, 7) is 16.6. The smallest absolute Gasteiger partial charge is 0.191 e. The van der Waals surface area contributed by atoms with Gasteiger partial charge in [0.05, 0.1) is 6.54 Å². The van der Waals surface area contributed by atoms with Crippen LogP contribution in [0.5, 0.6) is 0 Å². The van der Waals surface area contributed by atoms with E-state index >= 15 is 0 Å². The van der Waals surface area contributed by atoms with Gasteiger partial charge in [0, 0.05) is 52.1 Å². The number of piperazine rings is 1. The summed E-state index contributed by atoms with van der Waals surface area (Å²) in [5, 5.41) is 16.1. The molecule has 7 nitrogen and oxygen atoms in total. The van der Waals surface area contributed by atoms with Crippen molar-refractivity contribution in [3.8, 4) is 0 Å². The lowest BCUT2D eigenvalue weighted by Gasteiger charge is -2.34. The van der Waals surface area contributed by atoms with Gasteiger partial charge in [-0.3, -0.25) is 0 Å². The number of rotatable bonds is 11. The van der Waals surface area contributed by atoms with Crippen LogP contribution in [0.2, 0.25) is 0 Å². The number of aliphatic imine (C=N–C) groups is 1. The molecule has 0 saturated carbocycles. The molecule has 1 aromatic heterocycles. The average Bonchev–Trinajstić information content (AvgIpc) is 2.76. The Balaban J connectivity index is 1.89. The van der Waals surface area contributed by atoms with Crippen molar-refractivity contribution in [3.63, 3.8) is 0 Å². The zero-order valence-electron chi connectivity index (χ0n) is 19.4. The van der Waals surface area contributed by atoms with Crippen LogP contribution in [-0.4, -0.2) is 73.4 Å². The number of hydrogen-bond donors (Lipinski definition) is 3. The molecule has 2 rings (SSSR count). The molecular weight excluding hydrogens is 376 g/mol. The van der Waals surface area contributed by atoms with E-state index in [1.165, 1.54) is 0 Å². The predicted octanol–water partition coefficient (Wildman–Crippen LogP) is 2.32. The van der Waals surface area contributed by atoms with E-state index in [4.69, 9.17) is 4.99 Å². The first-order valence-corrected chi connectivity index (χ1v) is 11.6. The molecule has 0 spiro atoms. The van der Waals surface area contributed by atoms with Gasteiger partial charge in [-0.15, -0.1) is 0 Å². The van der Waals surface area contributed by atoms with Gasteiger partial charge >= 0.3 is 0 Å². The van der Waals surface area contributed by atoms with E-state index in [0.717, 1.165) is 76.0 Å². The molecule has 1 atom stereocenters. The van der Waals surface area contributed by atoms with Gasteiger partial charge in [0.1, 0.15) is 5.82 Å². The molecule has 0 aliphatic carbocycles. The minimum absolute atomic E-state index is 0.234. The molecule has 0 radical (unpaired) electrons. The van der Waals surface area contributed by atoms with E-state index in [1.807, 2.05) is 6.20 Å². The second kappa shape index (κ2) is 13.4. The van der Waals surface area contributed by atoms with Gasteiger partial charge in [-0.05, 0) is 49.8 Å². The lowest BCUT2D eigenvalue weighted by Crippen LogP contribution is -2.46. The third-order valence-corrected chi connectivity index (χ3v) is 5.62. The van der Waals surface area contributed by atoms with Crippen molar-refractivity contribution in [1.82, 2.24) is 20.5 Å². The lowest BCUT2D eigenvalue weighted by molar-refractivity contribution is 0.243. The second-order valence-electron chi connectivity index (χ2n) is 8.53. The number of nitrogens with zero attached hydrogens (tertiary/aromatic N) is 4. The molecule has 170 valence electrons. The Kier molecular flexibility index (Phi) is 10.9. The van der Waals surface area contributed by atoms with Crippen molar-refractivity contribution in [2.75, 3.05) is 57.3 Å². The molecule has 1 aliphatic heterocycles. The molecule has 1 fully saturated rings. The van der Waals surface area contributed by atoms with Crippen LogP contribution in [0.15, 0.2) is 23.3 Å². The third-order valence-electron chi connectivity index (χ3n) is 5.62. The van der Waals surface area contributed by atoms with Gasteiger partial charge in [-0.25, -0.2) is 9.98 Å². The Labute approximate surface area is 183 Å². The van der Waals surface area contributed by atoms with Crippen LogP contribution >= 0.6 is 0 Å². The lowest BCUT2D eigenvalue weighted by atomic mass is 9.94. The average molecular weight is 419 g/mol. The summed E-state index contributed by atoms with van der Waals surface area (Å²) in [6, 6.07) is 4.25. The highest BCUT2D eigenvalue weighted by atomic mass is 16.3. The first-order chi connectivity index (χ1) is 14.5. The topological polar surface area (TPSA) is 76.0 Å². The fourth-order valence-electron chi connectivity index (χ4n) is 3.90. The molecule has 3 N–H and O–H groups in total. The molecule has 1 unspecified atom stereocenters. The Morgan fingerprint density at radius 1 is 1.17 bits per heavy atom. The number of aromatic nitrogens is 1. The van der Waals surface area contributed by atoms with E-state index in [9.17, 15) is 5.11 Å². The Morgan fingerprint density at radius 2 is 1.93 bits per heavy atom. The standard InChI is InChI=1S/C23H42N6O/c1-5-24-23(26-16-20(9-14-30)15-19(3)4)27-18-21-7-8-22(25-17-21)29-12-10-28(6-2)11-13-29/h7-8,17,19-20,30H,5-6,9-16,18H2,1-4H3,(H2,24,26,27). The first kappa shape index (κ1) is 24.4. The molecule has 30 heavy (non-hydrogen) atoms. The van der Waals surface area contributed by atoms with Gasteiger partial charge in [0.25, 0.3) is 0 Å². The fraction of sp³-hybridized carbons (Fsp3) is 0.739. The van der Waals surface area contributed by atoms with Gasteiger partial charge in [0.15, 0.2) is 5.96 Å². The monoisotopic (exact) mass is 418 g/mol. The Morgan fingerprint density at radius 3 is 2.50 bits per heavy atom. The van der Waals surface area contributed by atoms with Gasteiger partial charge in [0.2, 0.25) is 0 Å². The largest absolute Gasteiger partial charge is 0.396 e. The van der Waals surface area contributed by atoms with Crippen LogP contribution in [0.25, 0.3) is 0 Å². The van der Waals surface area contributed by atoms with Crippen molar-refractivity contribution in [3.05, 3.63) is 23.9 Å². The summed E-state index contributed by atoms with van der Waals surface area (Å²) in [5.74, 6) is 2.96. The highest BCUT2D eigenvalue weighted by molar-refractivity contribution is 5.79. The van der Waals surface area contributed by atoms with Crippen LogP contribution in [0, 0.1) is 11.8 Å². The fourth-order valence-corrected chi connectivity index (χ4v) is 3.90. The van der Waals surface area contributed by atoms with Gasteiger partial charge in [-0.2, -0.15) is 0 Å². The van der Waals surface area contributed by atoms with E-state index in [1.54, 1.807) is 0 Å². The molecular formula is C23H42N6O. The maximum atomic E-state index is 9.33. The summed E-state index contributed by atoms with van der Waals surface area (Å²) >= 11 is 0. The summed E-state index contributed by atoms with van der Waals surface area (Å²) in [7, 11) is 0. The zero-order valence-corrected chi connectivity index (χ0v) is 19.4. The second-order valence-corrected chi connectivity index (χ2v) is 8.53. The number of likely N-dealkylation sites (N-methyl/N-ethyl adjacent to an activating group) is 1. The number of guanidine groups is 1. The minimum atomic E-state index is 0.234. The molecule has 0 aromatic carbocycles. The molecule has 1 aromatic rings. The van der Waals surface area contributed by atoms with E-state index in [-0.39, 0.29) is 6.61 Å². The highest BCUT2D eigenvalue weighted by Crippen LogP contribution is 2.15. The van der Waals surface area contributed by atoms with Crippen molar-refractivity contribution < 1.29 is 5.11 Å². The van der Waals surface area contributed by atoms with E-state index in [2.05, 4.69) is 65.2 Å². The molecule has 0 amide bonds. The molecule has 1 saturated heterocycles. The van der Waals surface area contributed by atoms with Gasteiger partial charge < -0.3 is 25.5 Å². The minimum Gasteiger partial charge on any atom is -0.396 e. The number of anilines is 1. The first-order valence-electron chi connectivity index (χ1n) is 11.6. The normalized spacial score (nSPS) is 16.7. The van der Waals surface area contributed by atoms with E-state index < -0.39 is 0 Å². The third kappa shape index (κ3) is 8.48. The maximum absolute atomic E-state index is 9.33. The summed E-state index contributed by atoms with van der Waals surface area (Å²) in [4.78, 5) is 14.2. The number of aliphatic hydroxyl groups excluding tert-OH is 1. The Hall–Kier alpha value is -1.86. The van der Waals surface area contributed by atoms with Crippen LogP contribution < -0.4 is 15.5 Å². The molecule has 0 bridgehead atoms. The number of pyridine rings is 1. The zero-order chi connectivity index (χ0) is 21.8. The Bertz CT molecular complexity index is 611. The van der Waals surface area contributed by atoms with Crippen molar-refractivity contribution in [2.45, 2.75) is 47.1 Å². The quantitative estimate of drug-likeness (QED) is 0.378. The van der Waals surface area contributed by atoms with E-state index in [0.29, 0.717) is 18.4 Å². The molecule has 1 aliphatic rings. The van der Waals surface area contributed by atoms with Crippen molar-refractivity contribution in [1.29, 1.82) is 0 Å². The summed E-state index contributed by atoms with van der Waals surface area (Å²) < 4.78 is 0. The molecule has 7 heteroatoms. The van der Waals surface area contributed by atoms with Crippen molar-refractivity contribution in [2.24, 2.45) is 16.8 Å². The SMILES string of the molecule is CCNC(=NCc1ccc(N2CCN(CC)CC2)nc1)NCC(CCO)CC(C)C. The van der Waals surface area contributed by atoms with Crippen molar-refractivity contribution >= 4 is 11.8 Å². The van der Waals surface area contributed by atoms with Crippen LogP contribution in [-0.2, 0) is 6.54 Å². The highest BCUT2D eigenvalue weighted by Gasteiger charge is 2.16. The summed E-state index contributed by atoms with van der Waals surface area (Å²) in [5.41, 5.74) is 1.11. The van der Waals surface area contributed by atoms with Gasteiger partial charge in [-0.1, -0.05) is 26.8 Å². The van der Waals surface area contributed by atoms with Crippen LogP contribution in [0.4, 0.5) is 5.82 Å². The predicted molar refractivity (Wildman–Crippen MR) is 126 cm³/mol. The maximum Gasteiger partial charge on any atom is 0.191 e. The number of nitrogens with one attached hydrogen (secondary N) is 2. The van der Waals surface area contributed by atoms with Crippen LogP contribution in [0.3, 0.4) is 0 Å². The van der Waals surface area contributed by atoms with Crippen LogP contribution in [0.1, 0.15) is 46.1 Å². The number of aliphatic hydroxyl groups is 1. The molecule has 2 heterocycles.